The number of rotatable bonds is 4. The lowest BCUT2D eigenvalue weighted by molar-refractivity contribution is -0.140. The molecule has 1 aromatic rings. The summed E-state index contributed by atoms with van der Waals surface area (Å²) < 4.78 is 42.5. The topological polar surface area (TPSA) is 63.7 Å². The summed E-state index contributed by atoms with van der Waals surface area (Å²) in [6.45, 7) is 1.13. The molecule has 0 atom stereocenters. The summed E-state index contributed by atoms with van der Waals surface area (Å²) in [5, 5.41) is 0. The second-order valence-electron chi connectivity index (χ2n) is 3.75. The van der Waals surface area contributed by atoms with Crippen LogP contribution in [0.25, 0.3) is 0 Å². The van der Waals surface area contributed by atoms with Crippen molar-refractivity contribution in [2.75, 3.05) is 20.7 Å². The van der Waals surface area contributed by atoms with E-state index in [1.54, 1.807) is 6.92 Å². The van der Waals surface area contributed by atoms with Gasteiger partial charge in [-0.05, 0) is 24.6 Å². The Morgan fingerprint density at radius 3 is 2.61 bits per heavy atom. The fraction of sp³-hybridized carbons (Fsp3) is 0.364. The number of methoxy groups -OCH3 is 1. The Kier molecular flexibility index (Phi) is 4.42. The Bertz CT molecular complexity index is 556. The molecule has 0 aliphatic carbocycles. The fourth-order valence-electron chi connectivity index (χ4n) is 1.35. The van der Waals surface area contributed by atoms with Crippen LogP contribution in [-0.2, 0) is 19.6 Å². The minimum atomic E-state index is -3.90. The van der Waals surface area contributed by atoms with E-state index in [4.69, 9.17) is 0 Å². The maximum Gasteiger partial charge on any atom is 0.321 e. The van der Waals surface area contributed by atoms with Crippen LogP contribution in [0.3, 0.4) is 0 Å². The lowest BCUT2D eigenvalue weighted by Crippen LogP contribution is -2.33. The molecule has 0 radical (unpaired) electrons. The molecule has 18 heavy (non-hydrogen) atoms. The number of esters is 1. The molecule has 0 heterocycles. The van der Waals surface area contributed by atoms with Crippen LogP contribution in [0.4, 0.5) is 4.39 Å². The van der Waals surface area contributed by atoms with Crippen LogP contribution in [0.15, 0.2) is 23.1 Å². The molecule has 7 heteroatoms. The van der Waals surface area contributed by atoms with Crippen molar-refractivity contribution in [1.82, 2.24) is 4.31 Å². The molecule has 0 saturated heterocycles. The predicted molar refractivity (Wildman–Crippen MR) is 63.0 cm³/mol. The van der Waals surface area contributed by atoms with Crippen LogP contribution in [0.2, 0.25) is 0 Å². The van der Waals surface area contributed by atoms with Gasteiger partial charge in [-0.3, -0.25) is 4.79 Å². The monoisotopic (exact) mass is 275 g/mol. The molecule has 0 bridgehead atoms. The highest BCUT2D eigenvalue weighted by Gasteiger charge is 2.25. The molecule has 0 N–H and O–H groups in total. The lowest BCUT2D eigenvalue weighted by atomic mass is 10.2. The fourth-order valence-corrected chi connectivity index (χ4v) is 2.70. The average Bonchev–Trinajstić information content (AvgIpc) is 2.31. The molecule has 5 nitrogen and oxygen atoms in total. The van der Waals surface area contributed by atoms with Crippen LogP contribution in [0, 0.1) is 12.7 Å². The van der Waals surface area contributed by atoms with Gasteiger partial charge in [-0.15, -0.1) is 0 Å². The Hall–Kier alpha value is -1.47. The smallest absolute Gasteiger partial charge is 0.321 e. The molecule has 0 spiro atoms. The van der Waals surface area contributed by atoms with Crippen LogP contribution in [0.1, 0.15) is 5.56 Å². The van der Waals surface area contributed by atoms with Crippen molar-refractivity contribution in [2.45, 2.75) is 11.8 Å². The van der Waals surface area contributed by atoms with E-state index >= 15 is 0 Å². The maximum atomic E-state index is 13.1. The van der Waals surface area contributed by atoms with Crippen LogP contribution >= 0.6 is 0 Å². The first-order chi connectivity index (χ1) is 8.28. The molecule has 1 aromatic carbocycles. The molecule has 0 unspecified atom stereocenters. The summed E-state index contributed by atoms with van der Waals surface area (Å²) in [6, 6.07) is 3.47. The zero-order valence-corrected chi connectivity index (χ0v) is 11.1. The SMILES string of the molecule is COC(=O)CN(C)S(=O)(=O)c1cc(F)ccc1C. The summed E-state index contributed by atoms with van der Waals surface area (Å²) in [5.74, 6) is -1.33. The zero-order valence-electron chi connectivity index (χ0n) is 10.3. The molecule has 0 amide bonds. The minimum Gasteiger partial charge on any atom is -0.468 e. The molecular formula is C11H14FNO4S. The number of hydrogen-bond acceptors (Lipinski definition) is 4. The summed E-state index contributed by atoms with van der Waals surface area (Å²) in [6.07, 6.45) is 0. The third kappa shape index (κ3) is 3.05. The van der Waals surface area contributed by atoms with Gasteiger partial charge in [-0.1, -0.05) is 6.07 Å². The lowest BCUT2D eigenvalue weighted by Gasteiger charge is -2.17. The van der Waals surface area contributed by atoms with Gasteiger partial charge in [0.2, 0.25) is 10.0 Å². The summed E-state index contributed by atoms with van der Waals surface area (Å²) >= 11 is 0. The highest BCUT2D eigenvalue weighted by molar-refractivity contribution is 7.89. The maximum absolute atomic E-state index is 13.1. The average molecular weight is 275 g/mol. The van der Waals surface area contributed by atoms with Crippen LogP contribution in [0.5, 0.6) is 0 Å². The molecule has 0 aromatic heterocycles. The van der Waals surface area contributed by atoms with E-state index in [-0.39, 0.29) is 4.90 Å². The van der Waals surface area contributed by atoms with E-state index in [0.717, 1.165) is 17.5 Å². The van der Waals surface area contributed by atoms with Gasteiger partial charge in [-0.2, -0.15) is 4.31 Å². The number of sulfonamides is 1. The van der Waals surface area contributed by atoms with Gasteiger partial charge in [0.1, 0.15) is 12.4 Å². The Morgan fingerprint density at radius 2 is 2.06 bits per heavy atom. The number of benzene rings is 1. The highest BCUT2D eigenvalue weighted by atomic mass is 32.2. The van der Waals surface area contributed by atoms with Gasteiger partial charge in [0, 0.05) is 7.05 Å². The normalized spacial score (nSPS) is 11.6. The van der Waals surface area contributed by atoms with Gasteiger partial charge < -0.3 is 4.74 Å². The second-order valence-corrected chi connectivity index (χ2v) is 5.76. The van der Waals surface area contributed by atoms with Gasteiger partial charge >= 0.3 is 5.97 Å². The van der Waals surface area contributed by atoms with Gasteiger partial charge in [0.05, 0.1) is 12.0 Å². The first kappa shape index (κ1) is 14.6. The Labute approximate surface area is 105 Å². The van der Waals surface area contributed by atoms with E-state index in [0.29, 0.717) is 5.56 Å². The van der Waals surface area contributed by atoms with Crippen molar-refractivity contribution in [3.8, 4) is 0 Å². The summed E-state index contributed by atoms with van der Waals surface area (Å²) in [7, 11) is -1.51. The number of hydrogen-bond donors (Lipinski definition) is 0. The number of halogens is 1. The zero-order chi connectivity index (χ0) is 13.9. The first-order valence-corrected chi connectivity index (χ1v) is 6.52. The second kappa shape index (κ2) is 5.45. The predicted octanol–water partition coefficient (Wildman–Crippen LogP) is 0.928. The first-order valence-electron chi connectivity index (χ1n) is 5.08. The van der Waals surface area contributed by atoms with Crippen molar-refractivity contribution in [3.63, 3.8) is 0 Å². The van der Waals surface area contributed by atoms with E-state index in [1.807, 2.05) is 0 Å². The van der Waals surface area contributed by atoms with E-state index in [2.05, 4.69) is 4.74 Å². The Morgan fingerprint density at radius 1 is 1.44 bits per heavy atom. The largest absolute Gasteiger partial charge is 0.468 e. The van der Waals surface area contributed by atoms with Crippen molar-refractivity contribution in [3.05, 3.63) is 29.6 Å². The van der Waals surface area contributed by atoms with Crippen molar-refractivity contribution < 1.29 is 22.3 Å². The summed E-state index contributed by atoms with van der Waals surface area (Å²) in [5.41, 5.74) is 0.410. The number of ether oxygens (including phenoxy) is 1. The number of nitrogens with zero attached hydrogens (tertiary/aromatic N) is 1. The minimum absolute atomic E-state index is 0.158. The third-order valence-corrected chi connectivity index (χ3v) is 4.36. The van der Waals surface area contributed by atoms with Crippen molar-refractivity contribution in [2.24, 2.45) is 0 Å². The van der Waals surface area contributed by atoms with Crippen molar-refractivity contribution >= 4 is 16.0 Å². The summed E-state index contributed by atoms with van der Waals surface area (Å²) in [4.78, 5) is 10.9. The third-order valence-electron chi connectivity index (χ3n) is 2.42. The van der Waals surface area contributed by atoms with Crippen molar-refractivity contribution in [1.29, 1.82) is 0 Å². The number of carbonyl (C=O) groups is 1. The standard InChI is InChI=1S/C11H14FNO4S/c1-8-4-5-9(12)6-10(8)18(15,16)13(2)7-11(14)17-3/h4-6H,7H2,1-3H3. The molecule has 100 valence electrons. The molecule has 1 rings (SSSR count). The Balaban J connectivity index is 3.13. The van der Waals surface area contributed by atoms with Crippen LogP contribution in [-0.4, -0.2) is 39.4 Å². The molecule has 0 aliphatic heterocycles. The molecule has 0 fully saturated rings. The molecular weight excluding hydrogens is 261 g/mol. The molecule has 0 aliphatic rings. The van der Waals surface area contributed by atoms with Gasteiger partial charge in [0.25, 0.3) is 0 Å². The number of likely N-dealkylation sites (N-methyl/N-ethyl adjacent to an activating group) is 1. The quantitative estimate of drug-likeness (QED) is 0.767. The van der Waals surface area contributed by atoms with Gasteiger partial charge in [0.15, 0.2) is 0 Å². The highest BCUT2D eigenvalue weighted by Crippen LogP contribution is 2.19. The van der Waals surface area contributed by atoms with Gasteiger partial charge in [-0.25, -0.2) is 12.8 Å². The van der Waals surface area contributed by atoms with Crippen LogP contribution < -0.4 is 0 Å². The number of aryl methyl sites for hydroxylation is 1. The van der Waals surface area contributed by atoms with E-state index in [9.17, 15) is 17.6 Å². The van der Waals surface area contributed by atoms with E-state index in [1.165, 1.54) is 19.2 Å². The number of carbonyl (C=O) groups excluding carboxylic acids is 1. The van der Waals surface area contributed by atoms with E-state index < -0.39 is 28.4 Å². The molecule has 0 saturated carbocycles.